The van der Waals surface area contributed by atoms with Crippen LogP contribution in [0, 0.1) is 0 Å². The maximum atomic E-state index is 5.43. The molecule has 1 unspecified atom stereocenters. The van der Waals surface area contributed by atoms with Gasteiger partial charge in [-0.3, -0.25) is 4.90 Å². The maximum absolute atomic E-state index is 5.43. The molecule has 2 rings (SSSR count). The number of furan rings is 1. The van der Waals surface area contributed by atoms with Crippen molar-refractivity contribution in [3.05, 3.63) is 24.2 Å². The first-order valence-corrected chi connectivity index (χ1v) is 5.36. The fraction of sp³-hybridized carbons (Fsp3) is 0.636. The van der Waals surface area contributed by atoms with Crippen molar-refractivity contribution in [2.75, 3.05) is 26.2 Å². The van der Waals surface area contributed by atoms with Crippen LogP contribution < -0.4 is 5.32 Å². The summed E-state index contributed by atoms with van der Waals surface area (Å²) >= 11 is 0. The van der Waals surface area contributed by atoms with E-state index in [0.29, 0.717) is 6.04 Å². The van der Waals surface area contributed by atoms with Crippen molar-refractivity contribution in [1.29, 1.82) is 0 Å². The number of hydrogen-bond donors (Lipinski definition) is 1. The molecule has 1 aliphatic rings. The number of rotatable bonds is 2. The fourth-order valence-corrected chi connectivity index (χ4v) is 1.96. The van der Waals surface area contributed by atoms with Gasteiger partial charge in [0.15, 0.2) is 0 Å². The molecule has 0 aromatic carbocycles. The van der Waals surface area contributed by atoms with Crippen molar-refractivity contribution in [3.8, 4) is 0 Å². The highest BCUT2D eigenvalue weighted by atomic mass is 16.3. The van der Waals surface area contributed by atoms with Crippen molar-refractivity contribution in [2.45, 2.75) is 19.4 Å². The first-order chi connectivity index (χ1) is 6.88. The average Bonchev–Trinajstić information content (AvgIpc) is 2.59. The van der Waals surface area contributed by atoms with Gasteiger partial charge in [-0.1, -0.05) is 0 Å². The Kier molecular flexibility index (Phi) is 3.22. The van der Waals surface area contributed by atoms with Crippen LogP contribution in [0.5, 0.6) is 0 Å². The highest BCUT2D eigenvalue weighted by Gasteiger charge is 2.18. The minimum Gasteiger partial charge on any atom is -0.468 e. The monoisotopic (exact) mass is 194 g/mol. The van der Waals surface area contributed by atoms with E-state index >= 15 is 0 Å². The lowest BCUT2D eigenvalue weighted by atomic mass is 10.2. The van der Waals surface area contributed by atoms with Crippen LogP contribution in [-0.4, -0.2) is 31.1 Å². The molecule has 3 heteroatoms. The lowest BCUT2D eigenvalue weighted by molar-refractivity contribution is 0.200. The van der Waals surface area contributed by atoms with Crippen LogP contribution >= 0.6 is 0 Å². The summed E-state index contributed by atoms with van der Waals surface area (Å²) in [5.41, 5.74) is 0. The van der Waals surface area contributed by atoms with Gasteiger partial charge in [-0.25, -0.2) is 0 Å². The van der Waals surface area contributed by atoms with Gasteiger partial charge in [0.2, 0.25) is 0 Å². The van der Waals surface area contributed by atoms with E-state index in [2.05, 4.69) is 23.2 Å². The van der Waals surface area contributed by atoms with E-state index < -0.39 is 0 Å². The van der Waals surface area contributed by atoms with Crippen LogP contribution in [0.2, 0.25) is 0 Å². The first-order valence-electron chi connectivity index (χ1n) is 5.36. The van der Waals surface area contributed by atoms with Gasteiger partial charge in [0, 0.05) is 19.6 Å². The summed E-state index contributed by atoms with van der Waals surface area (Å²) in [7, 11) is 0. The molecule has 0 aliphatic carbocycles. The SMILES string of the molecule is CC(c1ccco1)N1CCCNCC1. The Morgan fingerprint density at radius 1 is 1.43 bits per heavy atom. The van der Waals surface area contributed by atoms with Gasteiger partial charge in [-0.05, 0) is 32.0 Å². The predicted molar refractivity (Wildman–Crippen MR) is 56.2 cm³/mol. The zero-order valence-electron chi connectivity index (χ0n) is 8.70. The third-order valence-corrected chi connectivity index (χ3v) is 2.88. The van der Waals surface area contributed by atoms with E-state index in [9.17, 15) is 0 Å². The Bertz CT molecular complexity index is 250. The van der Waals surface area contributed by atoms with Gasteiger partial charge in [-0.2, -0.15) is 0 Å². The van der Waals surface area contributed by atoms with Crippen LogP contribution in [0.25, 0.3) is 0 Å². The van der Waals surface area contributed by atoms with Crippen LogP contribution in [0.3, 0.4) is 0 Å². The third kappa shape index (κ3) is 2.16. The van der Waals surface area contributed by atoms with E-state index in [4.69, 9.17) is 4.42 Å². The molecule has 2 heterocycles. The molecule has 0 saturated carbocycles. The van der Waals surface area contributed by atoms with Gasteiger partial charge in [0.1, 0.15) is 5.76 Å². The fourth-order valence-electron chi connectivity index (χ4n) is 1.96. The van der Waals surface area contributed by atoms with Gasteiger partial charge < -0.3 is 9.73 Å². The second kappa shape index (κ2) is 4.62. The molecular formula is C11H18N2O. The van der Waals surface area contributed by atoms with E-state index in [0.717, 1.165) is 31.9 Å². The Morgan fingerprint density at radius 2 is 2.36 bits per heavy atom. The number of nitrogens with one attached hydrogen (secondary N) is 1. The molecule has 3 nitrogen and oxygen atoms in total. The summed E-state index contributed by atoms with van der Waals surface area (Å²) in [6.45, 7) is 6.72. The van der Waals surface area contributed by atoms with Crippen molar-refractivity contribution in [1.82, 2.24) is 10.2 Å². The molecule has 0 bridgehead atoms. The van der Waals surface area contributed by atoms with Gasteiger partial charge in [0.05, 0.1) is 12.3 Å². The summed E-state index contributed by atoms with van der Waals surface area (Å²) in [6, 6.07) is 4.43. The van der Waals surface area contributed by atoms with Crippen LogP contribution in [0.1, 0.15) is 25.1 Å². The minimum atomic E-state index is 0.407. The number of hydrogen-bond acceptors (Lipinski definition) is 3. The van der Waals surface area contributed by atoms with Crippen molar-refractivity contribution >= 4 is 0 Å². The molecule has 1 aromatic heterocycles. The van der Waals surface area contributed by atoms with Crippen LogP contribution in [0.15, 0.2) is 22.8 Å². The molecule has 1 aromatic rings. The normalized spacial score (nSPS) is 21.8. The largest absolute Gasteiger partial charge is 0.468 e. The summed E-state index contributed by atoms with van der Waals surface area (Å²) in [5.74, 6) is 1.08. The second-order valence-electron chi connectivity index (χ2n) is 3.83. The smallest absolute Gasteiger partial charge is 0.120 e. The summed E-state index contributed by atoms with van der Waals surface area (Å²) < 4.78 is 5.43. The van der Waals surface area contributed by atoms with Crippen LogP contribution in [0.4, 0.5) is 0 Å². The van der Waals surface area contributed by atoms with E-state index in [1.807, 2.05) is 6.07 Å². The Labute approximate surface area is 85.1 Å². The molecule has 1 atom stereocenters. The topological polar surface area (TPSA) is 28.4 Å². The van der Waals surface area contributed by atoms with E-state index in [1.54, 1.807) is 6.26 Å². The molecule has 0 radical (unpaired) electrons. The summed E-state index contributed by atoms with van der Waals surface area (Å²) in [6.07, 6.45) is 2.98. The lowest BCUT2D eigenvalue weighted by Gasteiger charge is -2.25. The molecule has 0 spiro atoms. The number of nitrogens with zero attached hydrogens (tertiary/aromatic N) is 1. The molecule has 1 N–H and O–H groups in total. The molecule has 1 saturated heterocycles. The van der Waals surface area contributed by atoms with Crippen molar-refractivity contribution < 1.29 is 4.42 Å². The lowest BCUT2D eigenvalue weighted by Crippen LogP contribution is -2.30. The standard InChI is InChI=1S/C11H18N2O/c1-10(11-4-2-9-14-11)13-7-3-5-12-6-8-13/h2,4,9-10,12H,3,5-8H2,1H3. The predicted octanol–water partition coefficient (Wildman–Crippen LogP) is 1.64. The van der Waals surface area contributed by atoms with Gasteiger partial charge >= 0.3 is 0 Å². The van der Waals surface area contributed by atoms with E-state index in [1.165, 1.54) is 6.42 Å². The summed E-state index contributed by atoms with van der Waals surface area (Å²) in [4.78, 5) is 2.47. The Balaban J connectivity index is 1.99. The molecule has 78 valence electrons. The van der Waals surface area contributed by atoms with Gasteiger partial charge in [0.25, 0.3) is 0 Å². The molecular weight excluding hydrogens is 176 g/mol. The average molecular weight is 194 g/mol. The molecule has 1 aliphatic heterocycles. The van der Waals surface area contributed by atoms with Gasteiger partial charge in [-0.15, -0.1) is 0 Å². The highest BCUT2D eigenvalue weighted by Crippen LogP contribution is 2.20. The molecule has 1 fully saturated rings. The third-order valence-electron chi connectivity index (χ3n) is 2.88. The molecule has 14 heavy (non-hydrogen) atoms. The molecule has 0 amide bonds. The highest BCUT2D eigenvalue weighted by molar-refractivity contribution is 5.03. The second-order valence-corrected chi connectivity index (χ2v) is 3.83. The zero-order valence-corrected chi connectivity index (χ0v) is 8.70. The van der Waals surface area contributed by atoms with E-state index in [-0.39, 0.29) is 0 Å². The minimum absolute atomic E-state index is 0.407. The zero-order chi connectivity index (χ0) is 9.80. The quantitative estimate of drug-likeness (QED) is 0.775. The first kappa shape index (κ1) is 9.74. The summed E-state index contributed by atoms with van der Waals surface area (Å²) in [5, 5.41) is 3.41. The van der Waals surface area contributed by atoms with Crippen molar-refractivity contribution in [3.63, 3.8) is 0 Å². The Morgan fingerprint density at radius 3 is 3.14 bits per heavy atom. The van der Waals surface area contributed by atoms with Crippen LogP contribution in [-0.2, 0) is 0 Å². The Hall–Kier alpha value is -0.800. The maximum Gasteiger partial charge on any atom is 0.120 e. The van der Waals surface area contributed by atoms with Crippen molar-refractivity contribution in [2.24, 2.45) is 0 Å².